The van der Waals surface area contributed by atoms with Crippen LogP contribution in [0, 0.1) is 5.92 Å². The Morgan fingerprint density at radius 3 is 2.78 bits per heavy atom. The number of nitrogens with zero attached hydrogens (tertiary/aromatic N) is 5. The van der Waals surface area contributed by atoms with Crippen LogP contribution in [0.15, 0.2) is 41.3 Å². The van der Waals surface area contributed by atoms with Gasteiger partial charge in [0.1, 0.15) is 17.1 Å². The summed E-state index contributed by atoms with van der Waals surface area (Å²) in [5, 5.41) is 4.26. The number of halogens is 1. The molecule has 13 heteroatoms. The molecule has 2 aliphatic rings. The van der Waals surface area contributed by atoms with E-state index in [-0.39, 0.29) is 30.7 Å². The molecule has 12 nitrogen and oxygen atoms in total. The normalized spacial score (nSPS) is 18.4. The molecule has 2 atom stereocenters. The second kappa shape index (κ2) is 15.0. The highest BCUT2D eigenvalue weighted by Crippen LogP contribution is 2.38. The minimum absolute atomic E-state index is 0.0237. The SMILES string of the molecule is COc1cc(OC)c(Cl)c(-c2cc3cnc(NCC4CCOC4)nc3n(CCOC3CCN(C(=O)C=CCN(C)C)C3)c2=O)c1. The molecule has 0 aliphatic carbocycles. The first kappa shape index (κ1) is 32.7. The average molecular weight is 641 g/mol. The number of aromatic nitrogens is 3. The van der Waals surface area contributed by atoms with Gasteiger partial charge in [-0.05, 0) is 39.1 Å². The maximum Gasteiger partial charge on any atom is 0.260 e. The Kier molecular flexibility index (Phi) is 10.9. The monoisotopic (exact) mass is 640 g/mol. The zero-order chi connectivity index (χ0) is 31.9. The zero-order valence-corrected chi connectivity index (χ0v) is 27.0. The molecule has 5 rings (SSSR count). The highest BCUT2D eigenvalue weighted by Gasteiger charge is 2.26. The van der Waals surface area contributed by atoms with Crippen LogP contribution in [0.2, 0.25) is 5.02 Å². The van der Waals surface area contributed by atoms with E-state index in [9.17, 15) is 9.59 Å². The third-order valence-corrected chi connectivity index (χ3v) is 8.40. The molecule has 1 amide bonds. The van der Waals surface area contributed by atoms with Gasteiger partial charge < -0.3 is 34.1 Å². The summed E-state index contributed by atoms with van der Waals surface area (Å²) in [7, 11) is 6.96. The lowest BCUT2D eigenvalue weighted by Gasteiger charge is -2.18. The number of hydrogen-bond acceptors (Lipinski definition) is 10. The van der Waals surface area contributed by atoms with Crippen LogP contribution >= 0.6 is 11.6 Å². The van der Waals surface area contributed by atoms with Crippen molar-refractivity contribution in [1.82, 2.24) is 24.3 Å². The second-order valence-electron chi connectivity index (χ2n) is 11.5. The molecule has 4 heterocycles. The van der Waals surface area contributed by atoms with E-state index in [0.29, 0.717) is 83.3 Å². The molecule has 2 saturated heterocycles. The van der Waals surface area contributed by atoms with E-state index in [1.54, 1.807) is 47.0 Å². The maximum absolute atomic E-state index is 14.1. The Labute approximate surface area is 267 Å². The van der Waals surface area contributed by atoms with Crippen LogP contribution in [0.5, 0.6) is 11.5 Å². The Morgan fingerprint density at radius 1 is 1.20 bits per heavy atom. The maximum atomic E-state index is 14.1. The number of carbonyl (C=O) groups excluding carboxylic acids is 1. The molecule has 0 bridgehead atoms. The number of likely N-dealkylation sites (tertiary alicyclic amines) is 1. The van der Waals surface area contributed by atoms with Crippen molar-refractivity contribution in [1.29, 1.82) is 0 Å². The van der Waals surface area contributed by atoms with Crippen LogP contribution in [0.4, 0.5) is 5.95 Å². The van der Waals surface area contributed by atoms with E-state index in [0.717, 1.165) is 19.4 Å². The van der Waals surface area contributed by atoms with Crippen LogP contribution < -0.4 is 20.3 Å². The fraction of sp³-hybridized carbons (Fsp3) is 0.500. The van der Waals surface area contributed by atoms with Crippen molar-refractivity contribution >= 4 is 34.5 Å². The van der Waals surface area contributed by atoms with Gasteiger partial charge in [0.2, 0.25) is 11.9 Å². The number of benzene rings is 1. The number of rotatable bonds is 13. The molecular weight excluding hydrogens is 600 g/mol. The summed E-state index contributed by atoms with van der Waals surface area (Å²) in [5.41, 5.74) is 1.03. The predicted molar refractivity (Wildman–Crippen MR) is 173 cm³/mol. The molecule has 2 aromatic heterocycles. The fourth-order valence-corrected chi connectivity index (χ4v) is 5.79. The van der Waals surface area contributed by atoms with E-state index in [2.05, 4.69) is 10.3 Å². The minimum Gasteiger partial charge on any atom is -0.497 e. The summed E-state index contributed by atoms with van der Waals surface area (Å²) >= 11 is 6.71. The first-order valence-electron chi connectivity index (χ1n) is 15.1. The van der Waals surface area contributed by atoms with Crippen molar-refractivity contribution < 1.29 is 23.7 Å². The number of pyridine rings is 1. The molecule has 0 spiro atoms. The Hall–Kier alpha value is -3.71. The van der Waals surface area contributed by atoms with Gasteiger partial charge in [0.05, 0.1) is 45.1 Å². The zero-order valence-electron chi connectivity index (χ0n) is 26.3. The largest absolute Gasteiger partial charge is 0.497 e. The van der Waals surface area contributed by atoms with Gasteiger partial charge in [-0.3, -0.25) is 14.2 Å². The van der Waals surface area contributed by atoms with Gasteiger partial charge in [0.25, 0.3) is 5.56 Å². The Bertz CT molecular complexity index is 1590. The van der Waals surface area contributed by atoms with Gasteiger partial charge in [-0.25, -0.2) is 4.98 Å². The van der Waals surface area contributed by atoms with Crippen molar-refractivity contribution in [3.63, 3.8) is 0 Å². The Balaban J connectivity index is 1.40. The molecule has 2 unspecified atom stereocenters. The highest BCUT2D eigenvalue weighted by atomic mass is 35.5. The van der Waals surface area contributed by atoms with Gasteiger partial charge in [-0.1, -0.05) is 17.7 Å². The molecule has 1 aromatic carbocycles. The molecule has 45 heavy (non-hydrogen) atoms. The van der Waals surface area contributed by atoms with Gasteiger partial charge >= 0.3 is 0 Å². The van der Waals surface area contributed by atoms with Crippen LogP contribution in [0.3, 0.4) is 0 Å². The third-order valence-electron chi connectivity index (χ3n) is 8.01. The number of anilines is 1. The number of ether oxygens (including phenoxy) is 4. The van der Waals surface area contributed by atoms with Gasteiger partial charge in [0.15, 0.2) is 0 Å². The summed E-state index contributed by atoms with van der Waals surface area (Å²) in [6.07, 6.45) is 6.75. The van der Waals surface area contributed by atoms with Gasteiger partial charge in [0, 0.05) is 73.6 Å². The molecule has 242 valence electrons. The number of amides is 1. The standard InChI is InChI=1S/C32H41ClN6O6/c1-37(2)9-5-6-28(40)38-10-7-23(19-38)45-13-11-39-30-22(18-35-32(36-30)34-17-21-8-12-44-20-21)14-26(31(39)41)25-15-24(42-3)16-27(43-4)29(25)33/h5-6,14-16,18,21,23H,7-13,17,19-20H2,1-4H3,(H,34,35,36). The molecule has 2 fully saturated rings. The van der Waals surface area contributed by atoms with Crippen molar-refractivity contribution in [2.45, 2.75) is 25.5 Å². The van der Waals surface area contributed by atoms with E-state index in [1.165, 1.54) is 7.11 Å². The van der Waals surface area contributed by atoms with Crippen molar-refractivity contribution in [3.8, 4) is 22.6 Å². The lowest BCUT2D eigenvalue weighted by Crippen LogP contribution is -2.30. The molecule has 1 N–H and O–H groups in total. The number of nitrogens with one attached hydrogen (secondary N) is 1. The minimum atomic E-state index is -0.286. The summed E-state index contributed by atoms with van der Waals surface area (Å²) in [5.74, 6) is 1.69. The van der Waals surface area contributed by atoms with E-state index < -0.39 is 0 Å². The number of carbonyl (C=O) groups is 1. The van der Waals surface area contributed by atoms with Crippen LogP contribution in [-0.4, -0.2) is 111 Å². The summed E-state index contributed by atoms with van der Waals surface area (Å²) < 4.78 is 24.2. The van der Waals surface area contributed by atoms with Gasteiger partial charge in [-0.15, -0.1) is 0 Å². The number of hydrogen-bond donors (Lipinski definition) is 1. The molecule has 3 aromatic rings. The fourth-order valence-electron chi connectivity index (χ4n) is 5.50. The lowest BCUT2D eigenvalue weighted by molar-refractivity contribution is -0.125. The summed E-state index contributed by atoms with van der Waals surface area (Å²) in [6, 6.07) is 5.13. The van der Waals surface area contributed by atoms with Crippen molar-refractivity contribution in [2.24, 2.45) is 5.92 Å². The lowest BCUT2D eigenvalue weighted by atomic mass is 10.0. The van der Waals surface area contributed by atoms with Crippen LogP contribution in [-0.2, 0) is 20.8 Å². The van der Waals surface area contributed by atoms with Gasteiger partial charge in [-0.2, -0.15) is 4.98 Å². The quantitative estimate of drug-likeness (QED) is 0.279. The first-order chi connectivity index (χ1) is 21.8. The Morgan fingerprint density at radius 2 is 2.04 bits per heavy atom. The third kappa shape index (κ3) is 7.93. The summed E-state index contributed by atoms with van der Waals surface area (Å²) in [6.45, 7) is 4.45. The smallest absolute Gasteiger partial charge is 0.260 e. The van der Waals surface area contributed by atoms with Crippen molar-refractivity contribution in [3.05, 3.63) is 51.9 Å². The van der Waals surface area contributed by atoms with E-state index in [4.69, 9.17) is 35.5 Å². The van der Waals surface area contributed by atoms with E-state index >= 15 is 0 Å². The average Bonchev–Trinajstić information content (AvgIpc) is 3.74. The van der Waals surface area contributed by atoms with Crippen LogP contribution in [0.25, 0.3) is 22.2 Å². The predicted octanol–water partition coefficient (Wildman–Crippen LogP) is 3.31. The topological polar surface area (TPSA) is 120 Å². The first-order valence-corrected chi connectivity index (χ1v) is 15.5. The molecule has 0 saturated carbocycles. The molecule has 2 aliphatic heterocycles. The number of likely N-dealkylation sites (N-methyl/N-ethyl adjacent to an activating group) is 1. The summed E-state index contributed by atoms with van der Waals surface area (Å²) in [4.78, 5) is 39.8. The van der Waals surface area contributed by atoms with Crippen LogP contribution in [0.1, 0.15) is 12.8 Å². The number of fused-ring (bicyclic) bond motifs is 1. The van der Waals surface area contributed by atoms with Crippen molar-refractivity contribution in [2.75, 3.05) is 79.6 Å². The van der Waals surface area contributed by atoms with E-state index in [1.807, 2.05) is 25.1 Å². The number of methoxy groups -OCH3 is 2. The second-order valence-corrected chi connectivity index (χ2v) is 11.9. The molecular formula is C32H41ClN6O6. The highest BCUT2D eigenvalue weighted by molar-refractivity contribution is 6.35. The molecule has 0 radical (unpaired) electrons.